The summed E-state index contributed by atoms with van der Waals surface area (Å²) in [6.45, 7) is 0.893. The van der Waals surface area contributed by atoms with Gasteiger partial charge in [-0.05, 0) is 24.1 Å². The van der Waals surface area contributed by atoms with Crippen molar-refractivity contribution in [3.63, 3.8) is 0 Å². The Balaban J connectivity index is 1.45. The van der Waals surface area contributed by atoms with Gasteiger partial charge in [0.2, 0.25) is 11.8 Å². The average Bonchev–Trinajstić information content (AvgIpc) is 2.99. The van der Waals surface area contributed by atoms with Gasteiger partial charge in [0.1, 0.15) is 5.82 Å². The fraction of sp³-hybridized carbons (Fsp3) is 0.368. The molecule has 0 atom stereocenters. The minimum Gasteiger partial charge on any atom is -0.337 e. The van der Waals surface area contributed by atoms with Gasteiger partial charge in [0.25, 0.3) is 0 Å². The van der Waals surface area contributed by atoms with Gasteiger partial charge >= 0.3 is 0 Å². The van der Waals surface area contributed by atoms with Crippen LogP contribution in [0.15, 0.2) is 24.3 Å². The first-order chi connectivity index (χ1) is 12.4. The molecule has 2 heterocycles. The topological polar surface area (TPSA) is 33.2 Å². The zero-order valence-corrected chi connectivity index (χ0v) is 14.6. The Morgan fingerprint density at radius 3 is 2.85 bits per heavy atom. The Kier molecular flexibility index (Phi) is 4.23. The van der Waals surface area contributed by atoms with Crippen molar-refractivity contribution in [2.24, 2.45) is 5.92 Å². The predicted octanol–water partition coefficient (Wildman–Crippen LogP) is 3.61. The highest BCUT2D eigenvalue weighted by molar-refractivity contribution is 7.12. The van der Waals surface area contributed by atoms with Crippen molar-refractivity contribution in [3.8, 4) is 11.8 Å². The maximum Gasteiger partial charge on any atom is 0.249 e. The van der Waals surface area contributed by atoms with E-state index in [9.17, 15) is 18.0 Å². The van der Waals surface area contributed by atoms with Crippen LogP contribution in [-0.4, -0.2) is 28.3 Å². The van der Waals surface area contributed by atoms with E-state index in [1.807, 2.05) is 0 Å². The van der Waals surface area contributed by atoms with Gasteiger partial charge in [-0.25, -0.2) is 18.2 Å². The smallest absolute Gasteiger partial charge is 0.249 e. The lowest BCUT2D eigenvalue weighted by Gasteiger charge is -2.38. The van der Waals surface area contributed by atoms with Crippen LogP contribution < -0.4 is 0 Å². The van der Waals surface area contributed by atoms with Gasteiger partial charge in [-0.3, -0.25) is 4.79 Å². The molecule has 7 heteroatoms. The number of fused-ring (bicyclic) bond motifs is 1. The first-order valence-electron chi connectivity index (χ1n) is 8.32. The minimum absolute atomic E-state index is 0.192. The third kappa shape index (κ3) is 3.47. The second-order valence-electron chi connectivity index (χ2n) is 6.62. The average molecular weight is 376 g/mol. The number of alkyl halides is 2. The summed E-state index contributed by atoms with van der Waals surface area (Å²) < 4.78 is 39.2. The molecule has 2 aromatic rings. The van der Waals surface area contributed by atoms with Crippen LogP contribution in [0.5, 0.6) is 0 Å². The van der Waals surface area contributed by atoms with Crippen LogP contribution in [0.3, 0.4) is 0 Å². The van der Waals surface area contributed by atoms with Crippen molar-refractivity contribution < 1.29 is 18.0 Å². The number of hydrogen-bond donors (Lipinski definition) is 0. The lowest BCUT2D eigenvalue weighted by atomic mass is 9.80. The zero-order chi connectivity index (χ0) is 18.3. The Bertz CT molecular complexity index is 920. The number of benzene rings is 1. The summed E-state index contributed by atoms with van der Waals surface area (Å²) >= 11 is 1.40. The van der Waals surface area contributed by atoms with Crippen molar-refractivity contribution in [2.75, 3.05) is 6.54 Å². The van der Waals surface area contributed by atoms with Crippen molar-refractivity contribution in [1.82, 2.24) is 9.88 Å². The molecule has 0 bridgehead atoms. The Morgan fingerprint density at radius 2 is 2.12 bits per heavy atom. The van der Waals surface area contributed by atoms with E-state index in [0.717, 1.165) is 10.6 Å². The summed E-state index contributed by atoms with van der Waals surface area (Å²) in [6, 6.07) is 6.03. The van der Waals surface area contributed by atoms with Crippen molar-refractivity contribution in [1.29, 1.82) is 0 Å². The highest BCUT2D eigenvalue weighted by atomic mass is 32.1. The number of amides is 1. The number of thiazole rings is 1. The molecular weight excluding hydrogens is 361 g/mol. The van der Waals surface area contributed by atoms with E-state index in [-0.39, 0.29) is 24.6 Å². The third-order valence-corrected chi connectivity index (χ3v) is 5.62. The number of carbonyl (C=O) groups excluding carboxylic acids is 1. The number of aromatic nitrogens is 1. The summed E-state index contributed by atoms with van der Waals surface area (Å²) in [5.74, 6) is 2.03. The van der Waals surface area contributed by atoms with E-state index >= 15 is 0 Å². The van der Waals surface area contributed by atoms with Gasteiger partial charge in [-0.2, -0.15) is 0 Å². The van der Waals surface area contributed by atoms with Crippen LogP contribution in [0.1, 0.15) is 34.0 Å². The van der Waals surface area contributed by atoms with Crippen molar-refractivity contribution >= 4 is 17.2 Å². The largest absolute Gasteiger partial charge is 0.337 e. The molecule has 26 heavy (non-hydrogen) atoms. The van der Waals surface area contributed by atoms with Crippen LogP contribution in [0.25, 0.3) is 0 Å². The number of hydrogen-bond acceptors (Lipinski definition) is 3. The highest BCUT2D eigenvalue weighted by Crippen LogP contribution is 2.43. The van der Waals surface area contributed by atoms with Gasteiger partial charge in [0.15, 0.2) is 5.01 Å². The molecule has 1 aliphatic carbocycles. The lowest BCUT2D eigenvalue weighted by Crippen LogP contribution is -2.47. The first-order valence-corrected chi connectivity index (χ1v) is 9.14. The summed E-state index contributed by atoms with van der Waals surface area (Å²) in [5, 5.41) is 0.615. The van der Waals surface area contributed by atoms with Gasteiger partial charge in [0, 0.05) is 42.2 Å². The standard InChI is InChI=1S/C19H15F3N2OS/c20-14-3-1-2-12(8-14)4-5-17-23-15-6-7-24(11-16(15)26-17)18(25)13-9-19(21,22)10-13/h1-3,8,13H,6-7,9-11H2. The minimum atomic E-state index is -2.69. The molecule has 0 spiro atoms. The molecule has 1 fully saturated rings. The van der Waals surface area contributed by atoms with Crippen LogP contribution in [0.4, 0.5) is 13.2 Å². The zero-order valence-electron chi connectivity index (χ0n) is 13.8. The number of carbonyl (C=O) groups is 1. The van der Waals surface area contributed by atoms with Crippen LogP contribution in [0.2, 0.25) is 0 Å². The first kappa shape index (κ1) is 17.1. The van der Waals surface area contributed by atoms with E-state index in [1.165, 1.54) is 23.5 Å². The van der Waals surface area contributed by atoms with Gasteiger partial charge in [-0.1, -0.05) is 12.0 Å². The third-order valence-electron chi connectivity index (χ3n) is 4.62. The van der Waals surface area contributed by atoms with Gasteiger partial charge in [-0.15, -0.1) is 11.3 Å². The Morgan fingerprint density at radius 1 is 1.31 bits per heavy atom. The lowest BCUT2D eigenvalue weighted by molar-refractivity contribution is -0.160. The predicted molar refractivity (Wildman–Crippen MR) is 91.3 cm³/mol. The van der Waals surface area contributed by atoms with Gasteiger partial charge in [0.05, 0.1) is 12.2 Å². The SMILES string of the molecule is O=C(C1CC(F)(F)C1)N1CCc2nc(C#Cc3cccc(F)c3)sc2C1. The maximum absolute atomic E-state index is 13.2. The second kappa shape index (κ2) is 6.44. The van der Waals surface area contributed by atoms with Crippen LogP contribution >= 0.6 is 11.3 Å². The summed E-state index contributed by atoms with van der Waals surface area (Å²) in [7, 11) is 0. The van der Waals surface area contributed by atoms with E-state index < -0.39 is 11.8 Å². The molecule has 2 aliphatic rings. The molecule has 1 aromatic carbocycles. The van der Waals surface area contributed by atoms with E-state index in [0.29, 0.717) is 30.1 Å². The van der Waals surface area contributed by atoms with E-state index in [1.54, 1.807) is 17.0 Å². The molecule has 0 N–H and O–H groups in total. The molecule has 1 aromatic heterocycles. The molecule has 0 unspecified atom stereocenters. The van der Waals surface area contributed by atoms with Crippen LogP contribution in [-0.2, 0) is 17.8 Å². The molecule has 0 saturated heterocycles. The fourth-order valence-corrected chi connectivity index (χ4v) is 4.20. The molecule has 0 radical (unpaired) electrons. The summed E-state index contributed by atoms with van der Waals surface area (Å²) in [5.41, 5.74) is 1.47. The molecule has 4 rings (SSSR count). The molecule has 1 amide bonds. The Hall–Kier alpha value is -2.33. The van der Waals surface area contributed by atoms with E-state index in [2.05, 4.69) is 16.8 Å². The number of rotatable bonds is 1. The molecule has 1 aliphatic heterocycles. The molecule has 1 saturated carbocycles. The van der Waals surface area contributed by atoms with Crippen LogP contribution in [0, 0.1) is 23.6 Å². The number of nitrogens with zero attached hydrogens (tertiary/aromatic N) is 2. The number of halogens is 3. The maximum atomic E-state index is 13.2. The summed E-state index contributed by atoms with van der Waals surface area (Å²) in [4.78, 5) is 19.4. The fourth-order valence-electron chi connectivity index (χ4n) is 3.22. The van der Waals surface area contributed by atoms with E-state index in [4.69, 9.17) is 0 Å². The van der Waals surface area contributed by atoms with Crippen molar-refractivity contribution in [3.05, 3.63) is 51.2 Å². The Labute approximate surface area is 152 Å². The highest BCUT2D eigenvalue weighted by Gasteiger charge is 2.50. The monoisotopic (exact) mass is 376 g/mol. The van der Waals surface area contributed by atoms with Gasteiger partial charge < -0.3 is 4.90 Å². The normalized spacial score (nSPS) is 18.5. The van der Waals surface area contributed by atoms with Crippen molar-refractivity contribution in [2.45, 2.75) is 31.7 Å². The molecular formula is C19H15F3N2OS. The second-order valence-corrected chi connectivity index (χ2v) is 7.70. The quantitative estimate of drug-likeness (QED) is 0.713. The molecule has 134 valence electrons. The molecule has 3 nitrogen and oxygen atoms in total. The summed E-state index contributed by atoms with van der Waals surface area (Å²) in [6.07, 6.45) is -0.0905.